The van der Waals surface area contributed by atoms with Gasteiger partial charge in [-0.1, -0.05) is 0 Å². The number of alkyl halides is 6. The first-order valence-corrected chi connectivity index (χ1v) is 7.16. The number of hydrogen-bond acceptors (Lipinski definition) is 4. The minimum absolute atomic E-state index is 0.342. The fraction of sp³-hybridized carbons (Fsp3) is 0.467. The Kier molecular flexibility index (Phi) is 4.85. The second-order valence-corrected chi connectivity index (χ2v) is 5.68. The number of carbonyl (C=O) groups excluding carboxylic acids is 1. The molecule has 0 aliphatic carbocycles. The molecule has 26 heavy (non-hydrogen) atoms. The van der Waals surface area contributed by atoms with Gasteiger partial charge in [-0.2, -0.15) is 31.6 Å². The van der Waals surface area contributed by atoms with Crippen molar-refractivity contribution in [2.24, 2.45) is 0 Å². The van der Waals surface area contributed by atoms with Crippen LogP contribution in [-0.4, -0.2) is 35.6 Å². The van der Waals surface area contributed by atoms with E-state index >= 15 is 0 Å². The van der Waals surface area contributed by atoms with Crippen molar-refractivity contribution in [2.75, 3.05) is 4.90 Å². The van der Waals surface area contributed by atoms with Gasteiger partial charge in [0.05, 0.1) is 22.9 Å². The highest BCUT2D eigenvalue weighted by Gasteiger charge is 2.54. The molecule has 1 amide bonds. The lowest BCUT2D eigenvalue weighted by Gasteiger charge is -2.30. The van der Waals surface area contributed by atoms with Crippen LogP contribution in [0, 0.1) is 18.3 Å². The molecular weight excluding hydrogens is 370 g/mol. The van der Waals surface area contributed by atoms with Gasteiger partial charge in [-0.15, -0.1) is 0 Å². The van der Waals surface area contributed by atoms with Gasteiger partial charge in [0.2, 0.25) is 0 Å². The van der Waals surface area contributed by atoms with Crippen molar-refractivity contribution >= 4 is 11.8 Å². The number of nitriles is 1. The molecule has 142 valence electrons. The maximum Gasteiger partial charge on any atom is 0.418 e. The Balaban J connectivity index is 2.66. The number of halogens is 6. The maximum atomic E-state index is 13.3. The van der Waals surface area contributed by atoms with E-state index in [1.165, 1.54) is 6.07 Å². The first-order chi connectivity index (χ1) is 11.8. The van der Waals surface area contributed by atoms with Crippen molar-refractivity contribution in [1.29, 1.82) is 5.26 Å². The summed E-state index contributed by atoms with van der Waals surface area (Å²) in [6, 6.07) is 1.04. The number of carbonyl (C=O) groups is 1. The molecule has 2 rings (SSSR count). The molecule has 1 aliphatic rings. The van der Waals surface area contributed by atoms with Gasteiger partial charge in [0.15, 0.2) is 6.10 Å². The summed E-state index contributed by atoms with van der Waals surface area (Å²) in [5.41, 5.74) is -3.27. The zero-order valence-electron chi connectivity index (χ0n) is 13.3. The molecule has 1 saturated heterocycles. The van der Waals surface area contributed by atoms with Crippen LogP contribution >= 0.6 is 0 Å². The zero-order chi connectivity index (χ0) is 20.0. The van der Waals surface area contributed by atoms with Crippen molar-refractivity contribution in [3.05, 3.63) is 28.8 Å². The highest BCUT2D eigenvalue weighted by atomic mass is 19.4. The minimum atomic E-state index is -5.13. The van der Waals surface area contributed by atoms with E-state index in [1.807, 2.05) is 0 Å². The van der Waals surface area contributed by atoms with Gasteiger partial charge in [0.1, 0.15) is 12.1 Å². The standard InChI is InChI=1S/C15H12F6N2O3/c1-6-9(4-3-8(5-22)10(6)14(16,17)18)23-11(7(2)26-13(23)25)12(24)15(19,20)21/h3-4,7,11-12,24H,1-2H3. The molecule has 5 nitrogen and oxygen atoms in total. The van der Waals surface area contributed by atoms with Crippen LogP contribution in [0.25, 0.3) is 0 Å². The molecule has 0 bridgehead atoms. The molecule has 1 aromatic carbocycles. The summed E-state index contributed by atoms with van der Waals surface area (Å²) in [4.78, 5) is 12.3. The number of anilines is 1. The molecule has 1 aliphatic heterocycles. The second-order valence-electron chi connectivity index (χ2n) is 5.68. The summed E-state index contributed by atoms with van der Waals surface area (Å²) in [5.74, 6) is 0. The van der Waals surface area contributed by atoms with E-state index in [4.69, 9.17) is 5.26 Å². The first kappa shape index (κ1) is 19.8. The van der Waals surface area contributed by atoms with Gasteiger partial charge in [-0.25, -0.2) is 4.79 Å². The Labute approximate surface area is 143 Å². The van der Waals surface area contributed by atoms with Gasteiger partial charge in [0.25, 0.3) is 0 Å². The molecule has 1 fully saturated rings. The van der Waals surface area contributed by atoms with Crippen LogP contribution in [0.5, 0.6) is 0 Å². The fourth-order valence-electron chi connectivity index (χ4n) is 2.89. The summed E-state index contributed by atoms with van der Waals surface area (Å²) in [5, 5.41) is 18.4. The SMILES string of the molecule is Cc1c(N2C(=O)OC(C)C2C(O)C(F)(F)F)ccc(C#N)c1C(F)(F)F. The summed E-state index contributed by atoms with van der Waals surface area (Å²) in [6.07, 6.45) is -15.9. The fourth-order valence-corrected chi connectivity index (χ4v) is 2.89. The van der Waals surface area contributed by atoms with Gasteiger partial charge in [-0.05, 0) is 31.5 Å². The van der Waals surface area contributed by atoms with Crippen LogP contribution in [0.4, 0.5) is 36.8 Å². The predicted octanol–water partition coefficient (Wildman–Crippen LogP) is 3.52. The van der Waals surface area contributed by atoms with E-state index in [0.29, 0.717) is 4.90 Å². The molecule has 3 unspecified atom stereocenters. The van der Waals surface area contributed by atoms with E-state index in [0.717, 1.165) is 26.0 Å². The Morgan fingerprint density at radius 3 is 2.31 bits per heavy atom. The molecular formula is C15H12F6N2O3. The number of aliphatic hydroxyl groups excluding tert-OH is 1. The van der Waals surface area contributed by atoms with Crippen LogP contribution in [0.15, 0.2) is 12.1 Å². The van der Waals surface area contributed by atoms with Crippen LogP contribution in [0.3, 0.4) is 0 Å². The molecule has 1 aromatic rings. The summed E-state index contributed by atoms with van der Waals surface area (Å²) >= 11 is 0. The van der Waals surface area contributed by atoms with Crippen molar-refractivity contribution in [2.45, 2.75) is 44.4 Å². The number of rotatable bonds is 2. The third-order valence-electron chi connectivity index (χ3n) is 4.02. The third-order valence-corrected chi connectivity index (χ3v) is 4.02. The summed E-state index contributed by atoms with van der Waals surface area (Å²) in [6.45, 7) is 2.01. The Morgan fingerprint density at radius 1 is 1.27 bits per heavy atom. The van der Waals surface area contributed by atoms with E-state index in [-0.39, 0.29) is 0 Å². The number of ether oxygens (including phenoxy) is 1. The van der Waals surface area contributed by atoms with E-state index < -0.39 is 59.1 Å². The highest BCUT2D eigenvalue weighted by Crippen LogP contribution is 2.41. The van der Waals surface area contributed by atoms with E-state index in [9.17, 15) is 36.2 Å². The number of amides is 1. The van der Waals surface area contributed by atoms with Crippen molar-refractivity contribution < 1.29 is 41.0 Å². The number of benzene rings is 1. The number of nitrogens with zero attached hydrogens (tertiary/aromatic N) is 2. The Hall–Kier alpha value is -2.48. The number of aliphatic hydroxyl groups is 1. The van der Waals surface area contributed by atoms with E-state index in [1.54, 1.807) is 0 Å². The molecule has 0 saturated carbocycles. The highest BCUT2D eigenvalue weighted by molar-refractivity contribution is 5.92. The van der Waals surface area contributed by atoms with Crippen LogP contribution in [0.1, 0.15) is 23.6 Å². The second kappa shape index (κ2) is 6.35. The van der Waals surface area contributed by atoms with Crippen LogP contribution in [-0.2, 0) is 10.9 Å². The molecule has 1 heterocycles. The smallest absolute Gasteiger partial charge is 0.418 e. The van der Waals surface area contributed by atoms with Crippen LogP contribution in [0.2, 0.25) is 0 Å². The maximum absolute atomic E-state index is 13.3. The average Bonchev–Trinajstić information content (AvgIpc) is 2.77. The van der Waals surface area contributed by atoms with Gasteiger partial charge < -0.3 is 9.84 Å². The third kappa shape index (κ3) is 3.29. The van der Waals surface area contributed by atoms with Crippen molar-refractivity contribution in [3.8, 4) is 6.07 Å². The lowest BCUT2D eigenvalue weighted by molar-refractivity contribution is -0.212. The minimum Gasteiger partial charge on any atom is -0.444 e. The predicted molar refractivity (Wildman–Crippen MR) is 75.2 cm³/mol. The normalized spacial score (nSPS) is 22.2. The molecule has 0 radical (unpaired) electrons. The Bertz CT molecular complexity index is 768. The van der Waals surface area contributed by atoms with Gasteiger partial charge >= 0.3 is 18.4 Å². The lowest BCUT2D eigenvalue weighted by Crippen LogP contribution is -2.51. The lowest BCUT2D eigenvalue weighted by atomic mass is 9.97. The molecule has 0 spiro atoms. The Morgan fingerprint density at radius 2 is 1.85 bits per heavy atom. The monoisotopic (exact) mass is 382 g/mol. The molecule has 1 N–H and O–H groups in total. The number of hydrogen-bond donors (Lipinski definition) is 1. The van der Waals surface area contributed by atoms with E-state index in [2.05, 4.69) is 4.74 Å². The van der Waals surface area contributed by atoms with Gasteiger partial charge in [0, 0.05) is 0 Å². The van der Waals surface area contributed by atoms with Crippen molar-refractivity contribution in [3.63, 3.8) is 0 Å². The number of cyclic esters (lactones) is 1. The zero-order valence-corrected chi connectivity index (χ0v) is 13.3. The quantitative estimate of drug-likeness (QED) is 0.795. The topological polar surface area (TPSA) is 73.6 Å². The average molecular weight is 382 g/mol. The largest absolute Gasteiger partial charge is 0.444 e. The molecule has 11 heteroatoms. The van der Waals surface area contributed by atoms with Crippen LogP contribution < -0.4 is 4.90 Å². The van der Waals surface area contributed by atoms with Crippen molar-refractivity contribution in [1.82, 2.24) is 0 Å². The van der Waals surface area contributed by atoms with Gasteiger partial charge in [-0.3, -0.25) is 4.90 Å². The summed E-state index contributed by atoms with van der Waals surface area (Å²) < 4.78 is 83.2. The first-order valence-electron chi connectivity index (χ1n) is 7.16. The molecule has 0 aromatic heterocycles. The summed E-state index contributed by atoms with van der Waals surface area (Å²) in [7, 11) is 0. The molecule has 3 atom stereocenters.